The van der Waals surface area contributed by atoms with E-state index < -0.39 is 5.54 Å². The number of thiophene rings is 1. The molecule has 1 heterocycles. The molecule has 0 saturated heterocycles. The minimum Gasteiger partial charge on any atom is -0.378 e. The summed E-state index contributed by atoms with van der Waals surface area (Å²) in [5.74, 6) is -0.0775. The summed E-state index contributed by atoms with van der Waals surface area (Å²) in [5, 5.41) is 5.01. The molecule has 112 valence electrons. The van der Waals surface area contributed by atoms with Gasteiger partial charge in [-0.15, -0.1) is 11.3 Å². The van der Waals surface area contributed by atoms with Crippen molar-refractivity contribution in [1.29, 1.82) is 0 Å². The molecule has 3 N–H and O–H groups in total. The molecule has 2 atom stereocenters. The Labute approximate surface area is 124 Å². The zero-order chi connectivity index (χ0) is 15.0. The number of nitrogens with two attached hydrogens (primary N) is 1. The van der Waals surface area contributed by atoms with Crippen molar-refractivity contribution in [3.05, 3.63) is 21.9 Å². The minimum absolute atomic E-state index is 0.0618. The summed E-state index contributed by atoms with van der Waals surface area (Å²) in [7, 11) is 0. The van der Waals surface area contributed by atoms with Crippen LogP contribution in [-0.4, -0.2) is 24.2 Å². The van der Waals surface area contributed by atoms with Crippen LogP contribution in [0.15, 0.2) is 11.4 Å². The van der Waals surface area contributed by atoms with Crippen molar-refractivity contribution in [2.75, 3.05) is 6.61 Å². The first-order valence-electron chi connectivity index (χ1n) is 7.04. The highest BCUT2D eigenvalue weighted by molar-refractivity contribution is 7.10. The lowest BCUT2D eigenvalue weighted by molar-refractivity contribution is -0.170. The van der Waals surface area contributed by atoms with Gasteiger partial charge in [0, 0.05) is 23.3 Å². The standard InChI is InChI=1S/C15H24N2O2S/c1-5-19-12-8-15(16,14(12,3)4)13(18)17-9-11-10(2)6-7-20-11/h6-7,12H,5,8-9,16H2,1-4H3,(H,17,18). The fraction of sp³-hybridized carbons (Fsp3) is 0.667. The van der Waals surface area contributed by atoms with Crippen molar-refractivity contribution in [2.45, 2.75) is 52.3 Å². The number of ether oxygens (including phenoxy) is 1. The van der Waals surface area contributed by atoms with Gasteiger partial charge in [0.1, 0.15) is 5.54 Å². The van der Waals surface area contributed by atoms with Crippen LogP contribution < -0.4 is 11.1 Å². The number of hydrogen-bond donors (Lipinski definition) is 2. The average Bonchev–Trinajstić information content (AvgIpc) is 2.81. The van der Waals surface area contributed by atoms with E-state index in [0.29, 0.717) is 19.6 Å². The van der Waals surface area contributed by atoms with Gasteiger partial charge in [-0.1, -0.05) is 13.8 Å². The normalized spacial score (nSPS) is 27.9. The molecule has 4 nitrogen and oxygen atoms in total. The number of amides is 1. The first kappa shape index (κ1) is 15.5. The Bertz CT molecular complexity index is 498. The Morgan fingerprint density at radius 2 is 2.30 bits per heavy atom. The molecule has 20 heavy (non-hydrogen) atoms. The fourth-order valence-corrected chi connectivity index (χ4v) is 3.57. The molecular formula is C15H24N2O2S. The zero-order valence-electron chi connectivity index (χ0n) is 12.7. The van der Waals surface area contributed by atoms with Gasteiger partial charge < -0.3 is 15.8 Å². The second kappa shape index (κ2) is 5.47. The second-order valence-corrected chi connectivity index (χ2v) is 7.05. The third-order valence-corrected chi connectivity index (χ3v) is 5.64. The van der Waals surface area contributed by atoms with Gasteiger partial charge in [0.25, 0.3) is 0 Å². The Morgan fingerprint density at radius 1 is 1.60 bits per heavy atom. The van der Waals surface area contributed by atoms with Crippen LogP contribution in [0.4, 0.5) is 0 Å². The smallest absolute Gasteiger partial charge is 0.241 e. The third kappa shape index (κ3) is 2.38. The first-order chi connectivity index (χ1) is 9.33. The number of aryl methyl sites for hydroxylation is 1. The summed E-state index contributed by atoms with van der Waals surface area (Å²) in [4.78, 5) is 13.6. The molecule has 0 aromatic carbocycles. The van der Waals surface area contributed by atoms with E-state index in [9.17, 15) is 4.79 Å². The minimum atomic E-state index is -0.835. The van der Waals surface area contributed by atoms with Crippen LogP contribution in [0.5, 0.6) is 0 Å². The topological polar surface area (TPSA) is 64.3 Å². The monoisotopic (exact) mass is 296 g/mol. The average molecular weight is 296 g/mol. The molecule has 0 radical (unpaired) electrons. The van der Waals surface area contributed by atoms with E-state index in [-0.39, 0.29) is 17.4 Å². The van der Waals surface area contributed by atoms with Crippen LogP contribution >= 0.6 is 11.3 Å². The predicted molar refractivity (Wildman–Crippen MR) is 81.6 cm³/mol. The lowest BCUT2D eigenvalue weighted by Crippen LogP contribution is -2.75. The number of rotatable bonds is 5. The van der Waals surface area contributed by atoms with E-state index in [1.165, 1.54) is 10.4 Å². The van der Waals surface area contributed by atoms with E-state index >= 15 is 0 Å². The lowest BCUT2D eigenvalue weighted by Gasteiger charge is -2.57. The van der Waals surface area contributed by atoms with Gasteiger partial charge >= 0.3 is 0 Å². The van der Waals surface area contributed by atoms with Gasteiger partial charge in [-0.2, -0.15) is 0 Å². The predicted octanol–water partition coefficient (Wildman–Crippen LogP) is 2.21. The van der Waals surface area contributed by atoms with Crippen LogP contribution in [-0.2, 0) is 16.1 Å². The summed E-state index contributed by atoms with van der Waals surface area (Å²) in [6, 6.07) is 2.06. The van der Waals surface area contributed by atoms with Crippen LogP contribution in [0.25, 0.3) is 0 Å². The maximum Gasteiger partial charge on any atom is 0.241 e. The highest BCUT2D eigenvalue weighted by Gasteiger charge is 2.62. The summed E-state index contributed by atoms with van der Waals surface area (Å²) in [6.07, 6.45) is 0.648. The van der Waals surface area contributed by atoms with Gasteiger partial charge in [-0.05, 0) is 30.9 Å². The van der Waals surface area contributed by atoms with Crippen molar-refractivity contribution >= 4 is 17.2 Å². The molecule has 5 heteroatoms. The van der Waals surface area contributed by atoms with E-state index in [0.717, 1.165) is 0 Å². The summed E-state index contributed by atoms with van der Waals surface area (Å²) < 4.78 is 5.65. The van der Waals surface area contributed by atoms with Crippen LogP contribution in [0.3, 0.4) is 0 Å². The van der Waals surface area contributed by atoms with Gasteiger partial charge in [0.15, 0.2) is 0 Å². The maximum absolute atomic E-state index is 12.4. The molecule has 0 bridgehead atoms. The zero-order valence-corrected chi connectivity index (χ0v) is 13.5. The summed E-state index contributed by atoms with van der Waals surface area (Å²) in [6.45, 7) is 9.23. The van der Waals surface area contributed by atoms with Gasteiger partial charge in [0.2, 0.25) is 5.91 Å². The van der Waals surface area contributed by atoms with Crippen molar-refractivity contribution in [3.63, 3.8) is 0 Å². The number of carbonyl (C=O) groups excluding carboxylic acids is 1. The first-order valence-corrected chi connectivity index (χ1v) is 7.92. The Hall–Kier alpha value is -0.910. The largest absolute Gasteiger partial charge is 0.378 e. The van der Waals surface area contributed by atoms with Gasteiger partial charge in [-0.25, -0.2) is 0 Å². The van der Waals surface area contributed by atoms with E-state index in [4.69, 9.17) is 10.5 Å². The van der Waals surface area contributed by atoms with Crippen molar-refractivity contribution in [2.24, 2.45) is 11.1 Å². The molecule has 0 aliphatic heterocycles. The van der Waals surface area contributed by atoms with Crippen molar-refractivity contribution < 1.29 is 9.53 Å². The molecule has 2 rings (SSSR count). The molecule has 2 unspecified atom stereocenters. The van der Waals surface area contributed by atoms with E-state index in [1.807, 2.05) is 26.2 Å². The SMILES string of the molecule is CCOC1CC(N)(C(=O)NCc2sccc2C)C1(C)C. The van der Waals surface area contributed by atoms with Gasteiger partial charge in [-0.3, -0.25) is 4.79 Å². The number of carbonyl (C=O) groups is 1. The van der Waals surface area contributed by atoms with Gasteiger partial charge in [0.05, 0.1) is 12.6 Å². The van der Waals surface area contributed by atoms with E-state index in [1.54, 1.807) is 11.3 Å². The second-order valence-electron chi connectivity index (χ2n) is 6.05. The molecule has 1 aliphatic rings. The molecule has 1 fully saturated rings. The molecular weight excluding hydrogens is 272 g/mol. The molecule has 0 spiro atoms. The molecule has 1 amide bonds. The lowest BCUT2D eigenvalue weighted by atomic mass is 9.54. The van der Waals surface area contributed by atoms with Crippen LogP contribution in [0.1, 0.15) is 37.6 Å². The summed E-state index contributed by atoms with van der Waals surface area (Å²) in [5.41, 5.74) is 6.37. The molecule has 1 aliphatic carbocycles. The Morgan fingerprint density at radius 3 is 2.80 bits per heavy atom. The highest BCUT2D eigenvalue weighted by atomic mass is 32.1. The van der Waals surface area contributed by atoms with Crippen molar-refractivity contribution in [3.8, 4) is 0 Å². The molecule has 1 saturated carbocycles. The quantitative estimate of drug-likeness (QED) is 0.875. The Balaban J connectivity index is 1.98. The van der Waals surface area contributed by atoms with Crippen molar-refractivity contribution in [1.82, 2.24) is 5.32 Å². The molecule has 1 aromatic heterocycles. The number of nitrogens with one attached hydrogen (secondary N) is 1. The third-order valence-electron chi connectivity index (χ3n) is 4.61. The number of hydrogen-bond acceptors (Lipinski definition) is 4. The van der Waals surface area contributed by atoms with Crippen LogP contribution in [0.2, 0.25) is 0 Å². The van der Waals surface area contributed by atoms with E-state index in [2.05, 4.69) is 18.3 Å². The molecule has 1 aromatic rings. The summed E-state index contributed by atoms with van der Waals surface area (Å²) >= 11 is 1.66. The highest BCUT2D eigenvalue weighted by Crippen LogP contribution is 2.49. The van der Waals surface area contributed by atoms with Crippen LogP contribution in [0, 0.1) is 12.3 Å². The Kier molecular flexibility index (Phi) is 4.23. The fourth-order valence-electron chi connectivity index (χ4n) is 2.72. The maximum atomic E-state index is 12.4.